The van der Waals surface area contributed by atoms with Gasteiger partial charge in [0.05, 0.1) is 13.2 Å². The van der Waals surface area contributed by atoms with Crippen molar-refractivity contribution in [2.24, 2.45) is 0 Å². The molecule has 0 aromatic rings. The van der Waals surface area contributed by atoms with E-state index in [2.05, 4.69) is 50.3 Å². The first-order valence-electron chi connectivity index (χ1n) is 25.6. The summed E-state index contributed by atoms with van der Waals surface area (Å²) in [5, 5.41) is 40.2. The summed E-state index contributed by atoms with van der Waals surface area (Å²) >= 11 is 0. The van der Waals surface area contributed by atoms with Crippen LogP contribution in [0.2, 0.25) is 0 Å². The SMILES string of the molecule is CCCCC/C=C/C/C=C/C/C=C/CCCCC(=O)O[C@@H](COC(=O)CCCCCCCCCCCCCCCCCCCCCCCC)CO[C@H]1O[C@@H](CO)[C@@H](O)C(O)C1O. The third-order valence-corrected chi connectivity index (χ3v) is 11.8. The molecule has 0 aliphatic carbocycles. The fraction of sp³-hybridized carbons (Fsp3) is 0.846. The van der Waals surface area contributed by atoms with Crippen molar-refractivity contribution in [3.63, 3.8) is 0 Å². The van der Waals surface area contributed by atoms with Crippen molar-refractivity contribution in [3.05, 3.63) is 36.5 Å². The molecule has 6 atom stereocenters. The minimum absolute atomic E-state index is 0.183. The van der Waals surface area contributed by atoms with Gasteiger partial charge in [-0.15, -0.1) is 0 Å². The van der Waals surface area contributed by atoms with E-state index in [-0.39, 0.29) is 32.0 Å². The predicted octanol–water partition coefficient (Wildman–Crippen LogP) is 11.8. The Kier molecular flexibility index (Phi) is 40.0. The monoisotopic (exact) mass is 879 g/mol. The average Bonchev–Trinajstić information content (AvgIpc) is 3.27. The standard InChI is InChI=1S/C52H94O10/c1-3-5-7-9-11-13-15-17-19-20-21-22-23-24-25-27-28-30-32-34-36-38-40-47(54)59-43-45(44-60-52-51(58)50(57)49(56)46(42-53)62-52)61-48(55)41-39-37-35-33-31-29-26-18-16-14-12-10-8-6-4-2/h12,14,18,26,31,33,45-46,49-53,56-58H,3-11,13,15-17,19-25,27-30,32,34-44H2,1-2H3/b14-12+,26-18+,33-31+/t45-,46-,49+,50?,51?,52-/m0/s1. The van der Waals surface area contributed by atoms with E-state index in [1.54, 1.807) is 0 Å². The molecule has 0 radical (unpaired) electrons. The van der Waals surface area contributed by atoms with Gasteiger partial charge >= 0.3 is 11.9 Å². The van der Waals surface area contributed by atoms with Crippen LogP contribution >= 0.6 is 0 Å². The van der Waals surface area contributed by atoms with E-state index >= 15 is 0 Å². The summed E-state index contributed by atoms with van der Waals surface area (Å²) in [6, 6.07) is 0. The normalized spacial score (nSPS) is 19.9. The summed E-state index contributed by atoms with van der Waals surface area (Å²) in [6.45, 7) is 3.38. The molecular formula is C52H94O10. The Labute approximate surface area is 378 Å². The van der Waals surface area contributed by atoms with E-state index in [9.17, 15) is 30.0 Å². The maximum absolute atomic E-state index is 12.8. The number of aliphatic hydroxyl groups excluding tert-OH is 4. The van der Waals surface area contributed by atoms with Crippen molar-refractivity contribution in [2.45, 2.75) is 263 Å². The van der Waals surface area contributed by atoms with Gasteiger partial charge in [-0.05, 0) is 51.4 Å². The summed E-state index contributed by atoms with van der Waals surface area (Å²) in [6.07, 6.45) is 43.1. The number of aliphatic hydroxyl groups is 4. The first-order valence-corrected chi connectivity index (χ1v) is 25.6. The highest BCUT2D eigenvalue weighted by atomic mass is 16.7. The Morgan fingerprint density at radius 2 is 0.903 bits per heavy atom. The van der Waals surface area contributed by atoms with Crippen LogP contribution in [-0.4, -0.2) is 89.0 Å². The zero-order valence-electron chi connectivity index (χ0n) is 39.6. The molecule has 4 N–H and O–H groups in total. The van der Waals surface area contributed by atoms with Gasteiger partial charge in [0, 0.05) is 12.8 Å². The number of allylic oxidation sites excluding steroid dienone is 6. The first kappa shape index (κ1) is 57.9. The number of ether oxygens (including phenoxy) is 4. The summed E-state index contributed by atoms with van der Waals surface area (Å²) in [4.78, 5) is 25.4. The van der Waals surface area contributed by atoms with E-state index < -0.39 is 49.4 Å². The number of rotatable bonds is 43. The van der Waals surface area contributed by atoms with Crippen molar-refractivity contribution in [2.75, 3.05) is 19.8 Å². The molecule has 0 amide bonds. The number of esters is 2. The Morgan fingerprint density at radius 3 is 1.39 bits per heavy atom. The van der Waals surface area contributed by atoms with Crippen molar-refractivity contribution in [1.29, 1.82) is 0 Å². The summed E-state index contributed by atoms with van der Waals surface area (Å²) < 4.78 is 22.2. The van der Waals surface area contributed by atoms with E-state index in [0.717, 1.165) is 51.4 Å². The van der Waals surface area contributed by atoms with Gasteiger partial charge in [0.15, 0.2) is 12.4 Å². The van der Waals surface area contributed by atoms with Gasteiger partial charge in [0.25, 0.3) is 0 Å². The van der Waals surface area contributed by atoms with Gasteiger partial charge in [-0.1, -0.05) is 198 Å². The third-order valence-electron chi connectivity index (χ3n) is 11.8. The zero-order chi connectivity index (χ0) is 45.1. The second-order valence-corrected chi connectivity index (χ2v) is 17.6. The molecule has 1 heterocycles. The fourth-order valence-corrected chi connectivity index (χ4v) is 7.73. The molecule has 0 aromatic carbocycles. The average molecular weight is 879 g/mol. The van der Waals surface area contributed by atoms with E-state index in [4.69, 9.17) is 18.9 Å². The predicted molar refractivity (Wildman–Crippen MR) is 252 cm³/mol. The van der Waals surface area contributed by atoms with Crippen molar-refractivity contribution < 1.29 is 49.0 Å². The van der Waals surface area contributed by atoms with Crippen LogP contribution in [0.5, 0.6) is 0 Å². The van der Waals surface area contributed by atoms with Gasteiger partial charge in [0.1, 0.15) is 31.0 Å². The molecule has 1 fully saturated rings. The van der Waals surface area contributed by atoms with Crippen molar-refractivity contribution in [1.82, 2.24) is 0 Å². The lowest BCUT2D eigenvalue weighted by atomic mass is 9.99. The molecule has 0 spiro atoms. The molecule has 10 nitrogen and oxygen atoms in total. The molecule has 2 unspecified atom stereocenters. The Hall–Kier alpha value is -2.08. The third kappa shape index (κ3) is 33.4. The lowest BCUT2D eigenvalue weighted by molar-refractivity contribution is -0.305. The van der Waals surface area contributed by atoms with Crippen LogP contribution < -0.4 is 0 Å². The van der Waals surface area contributed by atoms with Gasteiger partial charge in [-0.2, -0.15) is 0 Å². The van der Waals surface area contributed by atoms with Crippen LogP contribution in [0.25, 0.3) is 0 Å². The van der Waals surface area contributed by atoms with Crippen LogP contribution in [0.3, 0.4) is 0 Å². The van der Waals surface area contributed by atoms with Crippen LogP contribution in [0.15, 0.2) is 36.5 Å². The highest BCUT2D eigenvalue weighted by Crippen LogP contribution is 2.23. The van der Waals surface area contributed by atoms with Crippen molar-refractivity contribution >= 4 is 11.9 Å². The largest absolute Gasteiger partial charge is 0.462 e. The smallest absolute Gasteiger partial charge is 0.306 e. The lowest BCUT2D eigenvalue weighted by Gasteiger charge is -2.39. The number of unbranched alkanes of at least 4 members (excludes halogenated alkanes) is 26. The molecule has 0 bridgehead atoms. The maximum Gasteiger partial charge on any atom is 0.306 e. The number of carbonyl (C=O) groups excluding carboxylic acids is 2. The molecule has 1 aliphatic rings. The molecule has 0 aromatic heterocycles. The number of carbonyl (C=O) groups is 2. The second-order valence-electron chi connectivity index (χ2n) is 17.6. The Bertz CT molecular complexity index is 1110. The number of hydrogen-bond donors (Lipinski definition) is 4. The molecular weight excluding hydrogens is 785 g/mol. The van der Waals surface area contributed by atoms with Crippen molar-refractivity contribution in [3.8, 4) is 0 Å². The minimum atomic E-state index is -1.60. The van der Waals surface area contributed by atoms with Gasteiger partial charge in [-0.3, -0.25) is 9.59 Å². The topological polar surface area (TPSA) is 152 Å². The maximum atomic E-state index is 12.8. The van der Waals surface area contributed by atoms with E-state index in [1.165, 1.54) is 141 Å². The zero-order valence-corrected chi connectivity index (χ0v) is 39.6. The first-order chi connectivity index (χ1) is 30.3. The Balaban J connectivity index is 2.25. The molecule has 362 valence electrons. The molecule has 1 aliphatic heterocycles. The molecule has 1 rings (SSSR count). The summed E-state index contributed by atoms with van der Waals surface area (Å²) in [5.74, 6) is -0.842. The molecule has 62 heavy (non-hydrogen) atoms. The van der Waals surface area contributed by atoms with E-state index in [1.807, 2.05) is 0 Å². The molecule has 0 saturated carbocycles. The van der Waals surface area contributed by atoms with Gasteiger partial charge < -0.3 is 39.4 Å². The summed E-state index contributed by atoms with van der Waals surface area (Å²) in [7, 11) is 0. The molecule has 1 saturated heterocycles. The van der Waals surface area contributed by atoms with Crippen LogP contribution in [0.4, 0.5) is 0 Å². The van der Waals surface area contributed by atoms with Crippen LogP contribution in [0, 0.1) is 0 Å². The minimum Gasteiger partial charge on any atom is -0.462 e. The summed E-state index contributed by atoms with van der Waals surface area (Å²) in [5.41, 5.74) is 0. The lowest BCUT2D eigenvalue weighted by Crippen LogP contribution is -2.59. The molecule has 10 heteroatoms. The second kappa shape index (κ2) is 42.8. The number of hydrogen-bond acceptors (Lipinski definition) is 10. The van der Waals surface area contributed by atoms with Crippen LogP contribution in [0.1, 0.15) is 226 Å². The quantitative estimate of drug-likeness (QED) is 0.0265. The van der Waals surface area contributed by atoms with Gasteiger partial charge in [-0.25, -0.2) is 0 Å². The highest BCUT2D eigenvalue weighted by Gasteiger charge is 2.44. The Morgan fingerprint density at radius 1 is 0.500 bits per heavy atom. The van der Waals surface area contributed by atoms with Crippen LogP contribution in [-0.2, 0) is 28.5 Å². The fourth-order valence-electron chi connectivity index (χ4n) is 7.73. The van der Waals surface area contributed by atoms with Gasteiger partial charge in [0.2, 0.25) is 0 Å². The van der Waals surface area contributed by atoms with E-state index in [0.29, 0.717) is 6.42 Å². The highest BCUT2D eigenvalue weighted by molar-refractivity contribution is 5.70.